The van der Waals surface area contributed by atoms with Crippen molar-refractivity contribution in [1.82, 2.24) is 14.1 Å². The maximum absolute atomic E-state index is 10.5. The molecule has 0 aliphatic heterocycles. The van der Waals surface area contributed by atoms with E-state index in [1.807, 2.05) is 28.8 Å². The number of imidazole rings is 1. The Bertz CT molecular complexity index is 5990. The van der Waals surface area contributed by atoms with Gasteiger partial charge in [0.25, 0.3) is 6.33 Å². The fourth-order valence-corrected chi connectivity index (χ4v) is 11.4. The maximum Gasteiger partial charge on any atom is 0.268 e. The van der Waals surface area contributed by atoms with Crippen molar-refractivity contribution in [3.8, 4) is 62.1 Å². The molecule has 0 amide bonds. The molecule has 0 bridgehead atoms. The van der Waals surface area contributed by atoms with Gasteiger partial charge in [-0.1, -0.05) is 232 Å². The number of benzene rings is 8. The first-order chi connectivity index (χ1) is 56.6. The fraction of sp³-hybridized carbons (Fsp3) is 0.349. The molecular formula is C83H88N4OPt-2. The van der Waals surface area contributed by atoms with Crippen LogP contribution in [0.3, 0.4) is 0 Å². The summed E-state index contributed by atoms with van der Waals surface area (Å²) in [6.45, 7) is -12.0. The van der Waals surface area contributed by atoms with E-state index in [-0.39, 0.29) is 65.5 Å². The SMILES string of the molecule is [2H]c1c([2H])c2c(c([2H])c1-c1cccc(-c3c([2H])c([2H])c4c(c3[2H])C(C([2H])([2H])[2H])(C([2H])([2H])[2H])C([2H])([2H])C([2H])([2H])C4(C([2H])([2H])[2H])C([2H])([2H])C)c1-[n+]1[c-]n(-c3[c-]c(Oc4[c-]c5c(cc4)c4cc(-c6cc(C(C)(C)C)cc(C(C)(C)C)c6)ccc4n5-c4cc(C(C)(C)C)ccn4)ccc3)c3ccccc31)C(C([2H])([2H])[2H])(C([2H])([2H])[2H])C([2H])([2H])C([2H])([2H])C2(C([2H])([2H])[2H])C([2H])([2H])[2H].[Pt]. The monoisotopic (exact) mass is 1390 g/mol. The molecule has 3 aromatic heterocycles. The minimum atomic E-state index is -4.85. The van der Waals surface area contributed by atoms with Crippen molar-refractivity contribution in [2.75, 3.05) is 0 Å². The molecule has 0 spiro atoms. The van der Waals surface area contributed by atoms with Crippen LogP contribution in [0.4, 0.5) is 0 Å². The number of pyridine rings is 1. The van der Waals surface area contributed by atoms with Crippen LogP contribution in [0.1, 0.15) is 239 Å². The van der Waals surface area contributed by atoms with Gasteiger partial charge >= 0.3 is 0 Å². The summed E-state index contributed by atoms with van der Waals surface area (Å²) >= 11 is 0. The third-order valence-electron chi connectivity index (χ3n) is 16.4. The third-order valence-corrected chi connectivity index (χ3v) is 16.4. The van der Waals surface area contributed by atoms with Crippen LogP contribution in [0.2, 0.25) is 0 Å². The van der Waals surface area contributed by atoms with Crippen molar-refractivity contribution < 1.29 is 81.1 Å². The maximum atomic E-state index is 10.5. The molecule has 2 aliphatic rings. The number of aromatic nitrogens is 4. The van der Waals surface area contributed by atoms with E-state index >= 15 is 0 Å². The van der Waals surface area contributed by atoms with E-state index in [2.05, 4.69) is 111 Å². The van der Waals surface area contributed by atoms with E-state index in [1.165, 1.54) is 47.0 Å². The molecule has 0 saturated carbocycles. The smallest absolute Gasteiger partial charge is 0.268 e. The fourth-order valence-electron chi connectivity index (χ4n) is 11.4. The van der Waals surface area contributed by atoms with E-state index < -0.39 is 188 Å². The molecule has 11 aromatic rings. The molecule has 1 unspecified atom stereocenters. The zero-order chi connectivity index (χ0) is 93.9. The summed E-state index contributed by atoms with van der Waals surface area (Å²) in [5.74, 6) is 0.668. The Morgan fingerprint density at radius 3 is 1.84 bits per heavy atom. The molecule has 458 valence electrons. The standard InChI is InChI=1S/C83H88N4O.Pt/c1-18-83(17)41-40-82(15,16)70-47-55(30-35-68(70)83)64-26-22-25-63(54-29-34-67-69(46-54)81(13,14)39-38-80(67,11)12)76(64)86-52-85(72-27-19-20-28-73(72)86)60-23-21-24-61(50-60)88-62-32-33-65-66-45-53(56-43-58(78(5,6)7)48-59(44-56)79(8,9)10)31-36-71(66)87(74(65)51-62)75-49-57(37-42-84-75)77(2,3)4;/h19-37,42-49H,18,38-41H2,1-17H3;/q-2;/i11D3,12D3,13D3,14D3,15D3,16D3,17D3,18D2,29D,30D,34D,35D,38D2,39D2,40D2,41D2,46D,47D;. The molecule has 0 saturated heterocycles. The van der Waals surface area contributed by atoms with Crippen molar-refractivity contribution in [3.05, 3.63) is 221 Å². The van der Waals surface area contributed by atoms with Gasteiger partial charge in [-0.3, -0.25) is 4.57 Å². The van der Waals surface area contributed by atoms with E-state index in [1.54, 1.807) is 12.3 Å². The largest absolute Gasteiger partial charge is 0.510 e. The van der Waals surface area contributed by atoms with Crippen molar-refractivity contribution in [2.24, 2.45) is 0 Å². The molecule has 3 heterocycles. The number of para-hydroxylation sites is 3. The Hall–Kier alpha value is -7.33. The summed E-state index contributed by atoms with van der Waals surface area (Å²) in [6.07, 6.45) is -17.9. The first-order valence-corrected chi connectivity index (χ1v) is 28.8. The molecule has 1 atom stereocenters. The molecule has 6 heteroatoms. The number of hydrogen-bond donors (Lipinski definition) is 0. The van der Waals surface area contributed by atoms with Crippen molar-refractivity contribution in [3.63, 3.8) is 0 Å². The van der Waals surface area contributed by atoms with Crippen LogP contribution in [0, 0.1) is 18.5 Å². The van der Waals surface area contributed by atoms with Gasteiger partial charge in [0.05, 0.1) is 24.9 Å². The number of hydrogen-bond acceptors (Lipinski definition) is 2. The van der Waals surface area contributed by atoms with Gasteiger partial charge in [-0.15, -0.1) is 29.7 Å². The summed E-state index contributed by atoms with van der Waals surface area (Å²) in [7, 11) is 0. The molecule has 8 aromatic carbocycles. The Morgan fingerprint density at radius 1 is 0.573 bits per heavy atom. The van der Waals surface area contributed by atoms with E-state index in [0.717, 1.165) is 66.9 Å². The zero-order valence-electron chi connectivity index (χ0n) is 87.6. The molecule has 13 rings (SSSR count). The quantitative estimate of drug-likeness (QED) is 0.107. The van der Waals surface area contributed by atoms with Crippen molar-refractivity contribution in [2.45, 2.75) is 187 Å². The Labute approximate surface area is 596 Å². The molecule has 5 nitrogen and oxygen atoms in total. The van der Waals surface area contributed by atoms with Gasteiger partial charge in [0.1, 0.15) is 5.82 Å². The Kier molecular flexibility index (Phi) is 7.80. The van der Waals surface area contributed by atoms with E-state index in [9.17, 15) is 21.9 Å². The summed E-state index contributed by atoms with van der Waals surface area (Å²) in [6, 6.07) is 30.0. The molecule has 2 aliphatic carbocycles. The normalized spacial score (nSPS) is 26.7. The van der Waals surface area contributed by atoms with Crippen LogP contribution in [0.15, 0.2) is 164 Å². The summed E-state index contributed by atoms with van der Waals surface area (Å²) in [5, 5.41) is 1.60. The van der Waals surface area contributed by atoms with Gasteiger partial charge in [0.15, 0.2) is 0 Å². The van der Waals surface area contributed by atoms with Gasteiger partial charge in [-0.05, 0) is 171 Å². The van der Waals surface area contributed by atoms with Gasteiger partial charge in [0.2, 0.25) is 0 Å². The minimum Gasteiger partial charge on any atom is -0.510 e. The topological polar surface area (TPSA) is 35.9 Å². The van der Waals surface area contributed by atoms with Gasteiger partial charge in [0, 0.05) is 86.8 Å². The molecular weight excluding hydrogens is 1260 g/mol. The van der Waals surface area contributed by atoms with Crippen molar-refractivity contribution >= 4 is 32.8 Å². The number of ether oxygens (including phenoxy) is 1. The van der Waals surface area contributed by atoms with Gasteiger partial charge in [-0.2, -0.15) is 18.2 Å². The van der Waals surface area contributed by atoms with Gasteiger partial charge < -0.3 is 13.9 Å². The minimum absolute atomic E-state index is 0. The third kappa shape index (κ3) is 11.0. The Morgan fingerprint density at radius 2 is 1.19 bits per heavy atom. The molecule has 0 radical (unpaired) electrons. The van der Waals surface area contributed by atoms with Crippen molar-refractivity contribution in [1.29, 1.82) is 0 Å². The first-order valence-electron chi connectivity index (χ1n) is 47.3. The second kappa shape index (κ2) is 22.0. The predicted octanol–water partition coefficient (Wildman–Crippen LogP) is 21.6. The Balaban J connectivity index is 0.0000144. The summed E-state index contributed by atoms with van der Waals surface area (Å²) in [4.78, 5) is 4.90. The number of nitrogens with zero attached hydrogens (tertiary/aromatic N) is 4. The zero-order valence-corrected chi connectivity index (χ0v) is 52.9. The summed E-state index contributed by atoms with van der Waals surface area (Å²) < 4.78 is 359. The van der Waals surface area contributed by atoms with Crippen LogP contribution < -0.4 is 9.30 Å². The van der Waals surface area contributed by atoms with Crippen LogP contribution >= 0.6 is 0 Å². The average Bonchev–Trinajstić information content (AvgIpc) is 0.663. The molecule has 0 fully saturated rings. The van der Waals surface area contributed by atoms with Crippen LogP contribution in [-0.2, 0) is 59.0 Å². The summed E-state index contributed by atoms with van der Waals surface area (Å²) in [5.41, 5.74) is -25.1. The average molecular weight is 1390 g/mol. The predicted molar refractivity (Wildman–Crippen MR) is 368 cm³/mol. The molecule has 89 heavy (non-hydrogen) atoms. The van der Waals surface area contributed by atoms with Gasteiger partial charge in [-0.25, -0.2) is 4.98 Å². The second-order valence-electron chi connectivity index (χ2n) is 25.8. The second-order valence-corrected chi connectivity index (χ2v) is 25.8. The van der Waals surface area contributed by atoms with Crippen LogP contribution in [-0.4, -0.2) is 14.1 Å². The number of rotatable bonds is 9. The van der Waals surface area contributed by atoms with Crippen LogP contribution in [0.25, 0.3) is 83.4 Å². The van der Waals surface area contributed by atoms with E-state index in [0.29, 0.717) is 18.3 Å². The van der Waals surface area contributed by atoms with Crippen LogP contribution in [0.5, 0.6) is 11.5 Å². The first kappa shape index (κ1) is 31.6. The molecule has 0 N–H and O–H groups in total. The van der Waals surface area contributed by atoms with E-state index in [4.69, 9.17) is 38.5 Å². The number of fused-ring (bicyclic) bond motifs is 6.